The summed E-state index contributed by atoms with van der Waals surface area (Å²) in [7, 11) is -3.67. The minimum Gasteiger partial charge on any atom is -0.392 e. The highest BCUT2D eigenvalue weighted by Crippen LogP contribution is 2.09. The zero-order valence-corrected chi connectivity index (χ0v) is 11.5. The summed E-state index contributed by atoms with van der Waals surface area (Å²) in [6.07, 6.45) is 0.280. The third-order valence-corrected chi connectivity index (χ3v) is 4.80. The maximum atomic E-state index is 13.3. The van der Waals surface area contributed by atoms with Gasteiger partial charge in [0.1, 0.15) is 11.1 Å². The highest BCUT2D eigenvalue weighted by Gasteiger charge is 2.26. The first kappa shape index (κ1) is 15.0. The lowest BCUT2D eigenvalue weighted by Gasteiger charge is -2.15. The fourth-order valence-electron chi connectivity index (χ4n) is 1.49. The van der Waals surface area contributed by atoms with Gasteiger partial charge in [-0.25, -0.2) is 17.5 Å². The van der Waals surface area contributed by atoms with E-state index >= 15 is 0 Å². The van der Waals surface area contributed by atoms with Crippen molar-refractivity contribution in [1.29, 1.82) is 0 Å². The van der Waals surface area contributed by atoms with E-state index in [1.165, 1.54) is 18.2 Å². The van der Waals surface area contributed by atoms with E-state index in [-0.39, 0.29) is 23.5 Å². The maximum absolute atomic E-state index is 13.3. The van der Waals surface area contributed by atoms with Gasteiger partial charge < -0.3 is 5.73 Å². The van der Waals surface area contributed by atoms with Crippen LogP contribution in [0.4, 0.5) is 4.39 Å². The van der Waals surface area contributed by atoms with Crippen molar-refractivity contribution in [1.82, 2.24) is 4.72 Å². The molecule has 7 heteroatoms. The van der Waals surface area contributed by atoms with Crippen LogP contribution in [-0.2, 0) is 16.6 Å². The quantitative estimate of drug-likeness (QED) is 0.775. The van der Waals surface area contributed by atoms with E-state index in [2.05, 4.69) is 4.72 Å². The van der Waals surface area contributed by atoms with Crippen molar-refractivity contribution in [3.63, 3.8) is 0 Å². The zero-order chi connectivity index (χ0) is 13.8. The standard InChI is InChI=1S/C11H15FN2O2S2/c1-2-10(11(13)17)18(15,16)14-7-8-5-3-4-6-9(8)12/h3-6,10,14H,2,7H2,1H3,(H2,13,17). The average molecular weight is 290 g/mol. The first-order valence-corrected chi connectivity index (χ1v) is 7.35. The van der Waals surface area contributed by atoms with Gasteiger partial charge in [-0.15, -0.1) is 0 Å². The van der Waals surface area contributed by atoms with Crippen molar-refractivity contribution < 1.29 is 12.8 Å². The summed E-state index contributed by atoms with van der Waals surface area (Å²) < 4.78 is 39.4. The minimum atomic E-state index is -3.67. The number of nitrogens with two attached hydrogens (primary N) is 1. The predicted octanol–water partition coefficient (Wildman–Crippen LogP) is 1.31. The van der Waals surface area contributed by atoms with Gasteiger partial charge in [-0.05, 0) is 12.5 Å². The molecule has 1 rings (SSSR count). The summed E-state index contributed by atoms with van der Waals surface area (Å²) in [6, 6.07) is 5.96. The summed E-state index contributed by atoms with van der Waals surface area (Å²) in [6.45, 7) is 1.56. The molecular weight excluding hydrogens is 275 g/mol. The number of benzene rings is 1. The van der Waals surface area contributed by atoms with Crippen LogP contribution in [0.2, 0.25) is 0 Å². The number of hydrogen-bond acceptors (Lipinski definition) is 3. The Morgan fingerprint density at radius 2 is 2.11 bits per heavy atom. The second kappa shape index (κ2) is 6.21. The third-order valence-electron chi connectivity index (χ3n) is 2.48. The van der Waals surface area contributed by atoms with Gasteiger partial charge in [-0.2, -0.15) is 0 Å². The number of hydrogen-bond donors (Lipinski definition) is 2. The number of nitrogens with one attached hydrogen (secondary N) is 1. The van der Waals surface area contributed by atoms with Crippen molar-refractivity contribution >= 4 is 27.2 Å². The van der Waals surface area contributed by atoms with Crippen LogP contribution in [0.25, 0.3) is 0 Å². The van der Waals surface area contributed by atoms with Gasteiger partial charge in [-0.3, -0.25) is 0 Å². The molecule has 0 bridgehead atoms. The van der Waals surface area contributed by atoms with E-state index in [1.54, 1.807) is 13.0 Å². The Balaban J connectivity index is 2.79. The van der Waals surface area contributed by atoms with E-state index in [4.69, 9.17) is 18.0 Å². The molecule has 100 valence electrons. The Bertz CT molecular complexity index is 532. The summed E-state index contributed by atoms with van der Waals surface area (Å²) >= 11 is 4.71. The van der Waals surface area contributed by atoms with Gasteiger partial charge in [0.05, 0.1) is 4.99 Å². The van der Waals surface area contributed by atoms with Gasteiger partial charge in [0.25, 0.3) is 0 Å². The average Bonchev–Trinajstić information content (AvgIpc) is 2.28. The van der Waals surface area contributed by atoms with Crippen LogP contribution in [0.5, 0.6) is 0 Å². The Morgan fingerprint density at radius 1 is 1.50 bits per heavy atom. The van der Waals surface area contributed by atoms with E-state index in [9.17, 15) is 12.8 Å². The summed E-state index contributed by atoms with van der Waals surface area (Å²) in [5.74, 6) is -0.455. The molecule has 0 spiro atoms. The lowest BCUT2D eigenvalue weighted by molar-refractivity contribution is 0.568. The van der Waals surface area contributed by atoms with E-state index < -0.39 is 21.1 Å². The fourth-order valence-corrected chi connectivity index (χ4v) is 3.34. The van der Waals surface area contributed by atoms with Gasteiger partial charge in [-0.1, -0.05) is 37.3 Å². The first-order chi connectivity index (χ1) is 8.38. The van der Waals surface area contributed by atoms with E-state index in [1.807, 2.05) is 0 Å². The Hall–Kier alpha value is -1.05. The van der Waals surface area contributed by atoms with Crippen molar-refractivity contribution in [2.24, 2.45) is 5.73 Å². The molecular formula is C11H15FN2O2S2. The molecule has 0 saturated carbocycles. The van der Waals surface area contributed by atoms with E-state index in [0.29, 0.717) is 0 Å². The van der Waals surface area contributed by atoms with Crippen molar-refractivity contribution in [3.05, 3.63) is 35.6 Å². The van der Waals surface area contributed by atoms with Gasteiger partial charge >= 0.3 is 0 Å². The zero-order valence-electron chi connectivity index (χ0n) is 9.89. The highest BCUT2D eigenvalue weighted by atomic mass is 32.2. The number of halogens is 1. The van der Waals surface area contributed by atoms with Gasteiger partial charge in [0.15, 0.2) is 0 Å². The van der Waals surface area contributed by atoms with E-state index in [0.717, 1.165) is 0 Å². The molecule has 0 aliphatic carbocycles. The highest BCUT2D eigenvalue weighted by molar-refractivity contribution is 7.93. The molecule has 1 atom stereocenters. The molecule has 0 aliphatic heterocycles. The van der Waals surface area contributed by atoms with Crippen LogP contribution in [0.3, 0.4) is 0 Å². The Morgan fingerprint density at radius 3 is 2.61 bits per heavy atom. The summed E-state index contributed by atoms with van der Waals surface area (Å²) in [4.78, 5) is -0.0847. The smallest absolute Gasteiger partial charge is 0.221 e. The number of thiocarbonyl (C=S) groups is 1. The molecule has 0 fully saturated rings. The molecule has 0 aromatic heterocycles. The Labute approximate surface area is 111 Å². The third kappa shape index (κ3) is 3.72. The van der Waals surface area contributed by atoms with Crippen molar-refractivity contribution in [2.75, 3.05) is 0 Å². The lowest BCUT2D eigenvalue weighted by Crippen LogP contribution is -2.41. The first-order valence-electron chi connectivity index (χ1n) is 5.39. The molecule has 1 unspecified atom stereocenters. The topological polar surface area (TPSA) is 72.2 Å². The fraction of sp³-hybridized carbons (Fsp3) is 0.364. The van der Waals surface area contributed by atoms with Crippen LogP contribution in [0.1, 0.15) is 18.9 Å². The number of sulfonamides is 1. The molecule has 0 amide bonds. The molecule has 0 heterocycles. The minimum absolute atomic E-state index is 0.0847. The predicted molar refractivity (Wildman–Crippen MR) is 73.0 cm³/mol. The van der Waals surface area contributed by atoms with Crippen LogP contribution >= 0.6 is 12.2 Å². The normalized spacial score (nSPS) is 13.2. The molecule has 1 aromatic carbocycles. The molecule has 4 nitrogen and oxygen atoms in total. The largest absolute Gasteiger partial charge is 0.392 e. The van der Waals surface area contributed by atoms with Crippen LogP contribution in [-0.4, -0.2) is 18.7 Å². The molecule has 0 radical (unpaired) electrons. The molecule has 0 saturated heterocycles. The molecule has 1 aromatic rings. The van der Waals surface area contributed by atoms with Crippen LogP contribution in [0, 0.1) is 5.82 Å². The van der Waals surface area contributed by atoms with Crippen LogP contribution < -0.4 is 10.5 Å². The second-order valence-electron chi connectivity index (χ2n) is 3.76. The number of rotatable bonds is 6. The van der Waals surface area contributed by atoms with Crippen molar-refractivity contribution in [3.8, 4) is 0 Å². The second-order valence-corrected chi connectivity index (χ2v) is 6.18. The monoisotopic (exact) mass is 290 g/mol. The lowest BCUT2D eigenvalue weighted by atomic mass is 10.2. The molecule has 18 heavy (non-hydrogen) atoms. The SMILES string of the molecule is CCC(C(N)=S)S(=O)(=O)NCc1ccccc1F. The Kier molecular flexibility index (Phi) is 5.18. The maximum Gasteiger partial charge on any atom is 0.221 e. The van der Waals surface area contributed by atoms with Gasteiger partial charge in [0, 0.05) is 12.1 Å². The summed E-state index contributed by atoms with van der Waals surface area (Å²) in [5.41, 5.74) is 5.65. The molecule has 3 N–H and O–H groups in total. The molecule has 0 aliphatic rings. The van der Waals surface area contributed by atoms with Crippen LogP contribution in [0.15, 0.2) is 24.3 Å². The summed E-state index contributed by atoms with van der Waals surface area (Å²) in [5, 5.41) is -0.931. The van der Waals surface area contributed by atoms with Gasteiger partial charge in [0.2, 0.25) is 10.0 Å². The van der Waals surface area contributed by atoms with Crippen molar-refractivity contribution in [2.45, 2.75) is 25.1 Å².